The number of nitrogens with zero attached hydrogens (tertiary/aromatic N) is 1. The first-order valence-corrected chi connectivity index (χ1v) is 8.72. The van der Waals surface area contributed by atoms with Crippen LogP contribution in [0.5, 0.6) is 5.75 Å². The van der Waals surface area contributed by atoms with Crippen molar-refractivity contribution in [3.8, 4) is 5.75 Å². The highest BCUT2D eigenvalue weighted by molar-refractivity contribution is 8.00. The summed E-state index contributed by atoms with van der Waals surface area (Å²) in [5.74, 6) is -1.13. The molecule has 0 aliphatic carbocycles. The fraction of sp³-hybridized carbons (Fsp3) is 0.176. The van der Waals surface area contributed by atoms with E-state index in [4.69, 9.17) is 4.74 Å². The number of non-ortho nitro benzene ring substituents is 1. The third-order valence-corrected chi connectivity index (χ3v) is 4.25. The van der Waals surface area contributed by atoms with E-state index in [-0.39, 0.29) is 11.4 Å². The highest BCUT2D eigenvalue weighted by Gasteiger charge is 2.15. The largest absolute Gasteiger partial charge is 0.481 e. The van der Waals surface area contributed by atoms with Crippen LogP contribution in [0.1, 0.15) is 6.92 Å². The zero-order valence-electron chi connectivity index (χ0n) is 14.2. The van der Waals surface area contributed by atoms with Crippen LogP contribution in [-0.2, 0) is 9.59 Å². The molecule has 0 aliphatic heterocycles. The molecule has 0 unspecified atom stereocenters. The normalized spacial score (nSPS) is 11.3. The molecule has 8 nitrogen and oxygen atoms in total. The molecular weight excluding hydrogens is 377 g/mol. The SMILES string of the molecule is C[C@H](Oc1ccc(F)cc1)C(=O)NNC(=O)CSc1ccc([N+](=O)[O-])cc1. The Bertz CT molecular complexity index is 814. The van der Waals surface area contributed by atoms with Crippen molar-refractivity contribution in [3.05, 3.63) is 64.5 Å². The van der Waals surface area contributed by atoms with Crippen molar-refractivity contribution in [1.82, 2.24) is 10.9 Å². The van der Waals surface area contributed by atoms with Gasteiger partial charge >= 0.3 is 0 Å². The van der Waals surface area contributed by atoms with Crippen LogP contribution in [0.4, 0.5) is 10.1 Å². The van der Waals surface area contributed by atoms with Gasteiger partial charge < -0.3 is 4.74 Å². The average molecular weight is 393 g/mol. The van der Waals surface area contributed by atoms with Gasteiger partial charge in [0.05, 0.1) is 10.7 Å². The van der Waals surface area contributed by atoms with Gasteiger partial charge in [0.15, 0.2) is 6.10 Å². The van der Waals surface area contributed by atoms with E-state index in [0.717, 1.165) is 11.8 Å². The molecule has 0 heterocycles. The average Bonchev–Trinajstić information content (AvgIpc) is 2.66. The first kappa shape index (κ1) is 20.2. The lowest BCUT2D eigenvalue weighted by Crippen LogP contribution is -2.47. The van der Waals surface area contributed by atoms with Crippen LogP contribution in [0.15, 0.2) is 53.4 Å². The second kappa shape index (κ2) is 9.53. The van der Waals surface area contributed by atoms with E-state index in [2.05, 4.69) is 10.9 Å². The van der Waals surface area contributed by atoms with Crippen molar-refractivity contribution in [2.75, 3.05) is 5.75 Å². The molecule has 2 rings (SSSR count). The predicted molar refractivity (Wildman–Crippen MR) is 96.6 cm³/mol. The van der Waals surface area contributed by atoms with Crippen LogP contribution >= 0.6 is 11.8 Å². The fourth-order valence-electron chi connectivity index (χ4n) is 1.85. The number of rotatable bonds is 7. The number of benzene rings is 2. The van der Waals surface area contributed by atoms with Gasteiger partial charge in [-0.3, -0.25) is 30.6 Å². The number of carbonyl (C=O) groups is 2. The van der Waals surface area contributed by atoms with Gasteiger partial charge in [-0.05, 0) is 43.3 Å². The summed E-state index contributed by atoms with van der Waals surface area (Å²) in [5.41, 5.74) is 4.45. The number of nitro benzene ring substituents is 1. The maximum absolute atomic E-state index is 12.8. The summed E-state index contributed by atoms with van der Waals surface area (Å²) in [6.07, 6.45) is -0.905. The number of amides is 2. The standard InChI is InChI=1S/C17H16FN3O5S/c1-11(26-14-6-2-12(18)3-7-14)17(23)20-19-16(22)10-27-15-8-4-13(5-9-15)21(24)25/h2-9,11H,10H2,1H3,(H,19,22)(H,20,23)/t11-/m0/s1. The first-order chi connectivity index (χ1) is 12.8. The lowest BCUT2D eigenvalue weighted by Gasteiger charge is -2.15. The quantitative estimate of drug-likeness (QED) is 0.425. The number of carbonyl (C=O) groups excluding carboxylic acids is 2. The Kier molecular flexibility index (Phi) is 7.12. The lowest BCUT2D eigenvalue weighted by atomic mass is 10.3. The van der Waals surface area contributed by atoms with Crippen molar-refractivity contribution in [1.29, 1.82) is 0 Å². The van der Waals surface area contributed by atoms with E-state index in [9.17, 15) is 24.1 Å². The minimum atomic E-state index is -0.905. The Labute approximate surface area is 158 Å². The van der Waals surface area contributed by atoms with Gasteiger partial charge in [-0.25, -0.2) is 4.39 Å². The van der Waals surface area contributed by atoms with Crippen molar-refractivity contribution in [2.45, 2.75) is 17.9 Å². The van der Waals surface area contributed by atoms with Gasteiger partial charge in [-0.2, -0.15) is 0 Å². The zero-order chi connectivity index (χ0) is 19.8. The number of nitrogens with one attached hydrogen (secondary N) is 2. The first-order valence-electron chi connectivity index (χ1n) is 7.73. The Morgan fingerprint density at radius 3 is 2.37 bits per heavy atom. The molecular formula is C17H16FN3O5S. The molecule has 2 aromatic rings. The molecule has 2 amide bonds. The van der Waals surface area contributed by atoms with Crippen LogP contribution in [0, 0.1) is 15.9 Å². The summed E-state index contributed by atoms with van der Waals surface area (Å²) in [5, 5.41) is 10.6. The summed E-state index contributed by atoms with van der Waals surface area (Å²) in [6.45, 7) is 1.48. The molecule has 0 bridgehead atoms. The molecule has 0 aromatic heterocycles. The minimum Gasteiger partial charge on any atom is -0.481 e. The monoisotopic (exact) mass is 393 g/mol. The molecule has 0 aliphatic rings. The number of nitro groups is 1. The summed E-state index contributed by atoms with van der Waals surface area (Å²) in [6, 6.07) is 10.9. The Morgan fingerprint density at radius 1 is 1.15 bits per heavy atom. The van der Waals surface area contributed by atoms with Gasteiger partial charge in [0, 0.05) is 17.0 Å². The summed E-state index contributed by atoms with van der Waals surface area (Å²) in [4.78, 5) is 34.4. The molecule has 0 spiro atoms. The number of hydrogen-bond donors (Lipinski definition) is 2. The van der Waals surface area contributed by atoms with E-state index < -0.39 is 28.7 Å². The summed E-state index contributed by atoms with van der Waals surface area (Å²) in [7, 11) is 0. The van der Waals surface area contributed by atoms with E-state index in [1.165, 1.54) is 55.5 Å². The van der Waals surface area contributed by atoms with Crippen molar-refractivity contribution in [3.63, 3.8) is 0 Å². The lowest BCUT2D eigenvalue weighted by molar-refractivity contribution is -0.384. The molecule has 2 N–H and O–H groups in total. The maximum Gasteiger partial charge on any atom is 0.279 e. The highest BCUT2D eigenvalue weighted by Crippen LogP contribution is 2.21. The number of hydrazine groups is 1. The second-order valence-electron chi connectivity index (χ2n) is 5.29. The van der Waals surface area contributed by atoms with E-state index >= 15 is 0 Å². The maximum atomic E-state index is 12.8. The minimum absolute atomic E-state index is 0.00525. The molecule has 27 heavy (non-hydrogen) atoms. The number of ether oxygens (including phenoxy) is 1. The Hall–Kier alpha value is -3.14. The smallest absolute Gasteiger partial charge is 0.279 e. The number of halogens is 1. The molecule has 0 saturated heterocycles. The second-order valence-corrected chi connectivity index (χ2v) is 6.34. The topological polar surface area (TPSA) is 111 Å². The molecule has 0 fully saturated rings. The number of hydrogen-bond acceptors (Lipinski definition) is 6. The molecule has 0 saturated carbocycles. The Balaban J connectivity index is 1.73. The van der Waals surface area contributed by atoms with Crippen LogP contribution in [0.25, 0.3) is 0 Å². The van der Waals surface area contributed by atoms with E-state index in [1.807, 2.05) is 0 Å². The van der Waals surface area contributed by atoms with E-state index in [1.54, 1.807) is 0 Å². The fourth-order valence-corrected chi connectivity index (χ4v) is 2.55. The van der Waals surface area contributed by atoms with Crippen molar-refractivity contribution >= 4 is 29.3 Å². The van der Waals surface area contributed by atoms with Gasteiger partial charge in [0.1, 0.15) is 11.6 Å². The van der Waals surface area contributed by atoms with Crippen LogP contribution in [0.2, 0.25) is 0 Å². The highest BCUT2D eigenvalue weighted by atomic mass is 32.2. The van der Waals surface area contributed by atoms with E-state index in [0.29, 0.717) is 10.6 Å². The zero-order valence-corrected chi connectivity index (χ0v) is 15.0. The summed E-state index contributed by atoms with van der Waals surface area (Å²) >= 11 is 1.16. The third-order valence-electron chi connectivity index (χ3n) is 3.24. The molecule has 2 aromatic carbocycles. The molecule has 10 heteroatoms. The van der Waals surface area contributed by atoms with Crippen LogP contribution in [0.3, 0.4) is 0 Å². The van der Waals surface area contributed by atoms with Crippen molar-refractivity contribution in [2.24, 2.45) is 0 Å². The predicted octanol–water partition coefficient (Wildman–Crippen LogP) is 2.44. The number of thioether (sulfide) groups is 1. The van der Waals surface area contributed by atoms with Crippen molar-refractivity contribution < 1.29 is 23.6 Å². The molecule has 0 radical (unpaired) electrons. The van der Waals surface area contributed by atoms with Crippen LogP contribution in [-0.4, -0.2) is 28.6 Å². The van der Waals surface area contributed by atoms with Gasteiger partial charge in [0.2, 0.25) is 5.91 Å². The van der Waals surface area contributed by atoms with Crippen LogP contribution < -0.4 is 15.6 Å². The van der Waals surface area contributed by atoms with Gasteiger partial charge in [-0.15, -0.1) is 11.8 Å². The molecule has 142 valence electrons. The Morgan fingerprint density at radius 2 is 1.78 bits per heavy atom. The third kappa shape index (κ3) is 6.59. The molecule has 1 atom stereocenters. The van der Waals surface area contributed by atoms with Gasteiger partial charge in [0.25, 0.3) is 11.6 Å². The summed E-state index contributed by atoms with van der Waals surface area (Å²) < 4.78 is 18.2. The van der Waals surface area contributed by atoms with Gasteiger partial charge in [-0.1, -0.05) is 0 Å².